The monoisotopic (exact) mass is 372 g/mol. The lowest BCUT2D eigenvalue weighted by molar-refractivity contribution is 0.169. The van der Waals surface area contributed by atoms with Gasteiger partial charge in [-0.3, -0.25) is 0 Å². The van der Waals surface area contributed by atoms with Gasteiger partial charge < -0.3 is 19.3 Å². The summed E-state index contributed by atoms with van der Waals surface area (Å²) >= 11 is 0. The van der Waals surface area contributed by atoms with Crippen LogP contribution in [-0.2, 0) is 17.8 Å². The number of rotatable bonds is 12. The van der Waals surface area contributed by atoms with E-state index in [1.165, 1.54) is 0 Å². The second kappa shape index (κ2) is 11.6. The zero-order valence-electron chi connectivity index (χ0n) is 16.7. The summed E-state index contributed by atoms with van der Waals surface area (Å²) in [6.45, 7) is 6.21. The third kappa shape index (κ3) is 7.24. The van der Waals surface area contributed by atoms with Crippen molar-refractivity contribution in [1.29, 1.82) is 0 Å². The Balaban J connectivity index is 2.10. The molecule has 0 spiro atoms. The van der Waals surface area contributed by atoms with Gasteiger partial charge in [-0.25, -0.2) is 0 Å². The fourth-order valence-electron chi connectivity index (χ4n) is 2.85. The van der Waals surface area contributed by atoms with Crippen LogP contribution in [0.25, 0.3) is 0 Å². The zero-order valence-corrected chi connectivity index (χ0v) is 16.7. The molecule has 148 valence electrons. The standard InChI is InChI=1S/C23H32O4/c1-18(2)21(16-24)14-20-10-11-22(23(15-20)26-13-7-12-25-3)27-17-19-8-5-4-6-9-19/h4-6,8-11,15,18,21,24H,7,12-14,16-17H2,1-3H3. The lowest BCUT2D eigenvalue weighted by Crippen LogP contribution is -2.16. The molecule has 0 bridgehead atoms. The van der Waals surface area contributed by atoms with E-state index in [0.29, 0.717) is 25.7 Å². The van der Waals surface area contributed by atoms with Gasteiger partial charge in [0.25, 0.3) is 0 Å². The minimum absolute atomic E-state index is 0.188. The van der Waals surface area contributed by atoms with E-state index in [4.69, 9.17) is 14.2 Å². The molecule has 0 aromatic heterocycles. The molecule has 0 saturated heterocycles. The van der Waals surface area contributed by atoms with E-state index in [2.05, 4.69) is 19.9 Å². The van der Waals surface area contributed by atoms with E-state index in [-0.39, 0.29) is 12.5 Å². The van der Waals surface area contributed by atoms with Gasteiger partial charge in [-0.2, -0.15) is 0 Å². The Labute approximate surface area is 163 Å². The Bertz CT molecular complexity index is 655. The van der Waals surface area contributed by atoms with Crippen LogP contribution in [0.1, 0.15) is 31.4 Å². The van der Waals surface area contributed by atoms with Gasteiger partial charge in [0.2, 0.25) is 0 Å². The summed E-state index contributed by atoms with van der Waals surface area (Å²) in [5, 5.41) is 9.62. The largest absolute Gasteiger partial charge is 0.490 e. The highest BCUT2D eigenvalue weighted by atomic mass is 16.5. The van der Waals surface area contributed by atoms with Crippen LogP contribution in [0.15, 0.2) is 48.5 Å². The number of hydrogen-bond acceptors (Lipinski definition) is 4. The molecule has 1 atom stereocenters. The van der Waals surface area contributed by atoms with Crippen molar-refractivity contribution in [2.24, 2.45) is 11.8 Å². The van der Waals surface area contributed by atoms with Crippen molar-refractivity contribution in [2.75, 3.05) is 26.9 Å². The van der Waals surface area contributed by atoms with E-state index in [1.54, 1.807) is 7.11 Å². The highest BCUT2D eigenvalue weighted by Crippen LogP contribution is 2.31. The molecule has 0 aliphatic carbocycles. The van der Waals surface area contributed by atoms with Crippen molar-refractivity contribution < 1.29 is 19.3 Å². The first-order chi connectivity index (χ1) is 13.1. The predicted molar refractivity (Wildman–Crippen MR) is 108 cm³/mol. The van der Waals surface area contributed by atoms with Crippen LogP contribution in [-0.4, -0.2) is 32.0 Å². The van der Waals surface area contributed by atoms with Gasteiger partial charge in [0.15, 0.2) is 11.5 Å². The zero-order chi connectivity index (χ0) is 19.5. The molecule has 1 unspecified atom stereocenters. The van der Waals surface area contributed by atoms with Gasteiger partial charge in [0, 0.05) is 26.7 Å². The minimum atomic E-state index is 0.188. The fraction of sp³-hybridized carbons (Fsp3) is 0.478. The number of aliphatic hydroxyl groups is 1. The number of methoxy groups -OCH3 is 1. The smallest absolute Gasteiger partial charge is 0.161 e. The van der Waals surface area contributed by atoms with Gasteiger partial charge in [-0.1, -0.05) is 50.2 Å². The molecule has 0 saturated carbocycles. The van der Waals surface area contributed by atoms with Crippen molar-refractivity contribution in [1.82, 2.24) is 0 Å². The van der Waals surface area contributed by atoms with Crippen molar-refractivity contribution >= 4 is 0 Å². The van der Waals surface area contributed by atoms with Crippen LogP contribution in [0.5, 0.6) is 11.5 Å². The van der Waals surface area contributed by atoms with E-state index in [1.807, 2.05) is 42.5 Å². The third-order valence-corrected chi connectivity index (χ3v) is 4.67. The first-order valence-electron chi connectivity index (χ1n) is 9.66. The molecule has 0 aliphatic rings. The molecule has 0 heterocycles. The van der Waals surface area contributed by atoms with E-state index >= 15 is 0 Å². The molecule has 27 heavy (non-hydrogen) atoms. The maximum atomic E-state index is 9.62. The lowest BCUT2D eigenvalue weighted by atomic mass is 9.90. The first-order valence-corrected chi connectivity index (χ1v) is 9.66. The Morgan fingerprint density at radius 1 is 0.889 bits per heavy atom. The SMILES string of the molecule is COCCCOc1cc(CC(CO)C(C)C)ccc1OCc1ccccc1. The summed E-state index contributed by atoms with van der Waals surface area (Å²) in [7, 11) is 1.69. The van der Waals surface area contributed by atoms with Crippen LogP contribution in [0.2, 0.25) is 0 Å². The Hall–Kier alpha value is -2.04. The van der Waals surface area contributed by atoms with Crippen molar-refractivity contribution in [3.8, 4) is 11.5 Å². The second-order valence-electron chi connectivity index (χ2n) is 7.14. The summed E-state index contributed by atoms with van der Waals surface area (Å²) in [5.41, 5.74) is 2.27. The maximum Gasteiger partial charge on any atom is 0.161 e. The third-order valence-electron chi connectivity index (χ3n) is 4.67. The highest BCUT2D eigenvalue weighted by Gasteiger charge is 2.15. The van der Waals surface area contributed by atoms with E-state index in [0.717, 1.165) is 35.5 Å². The molecule has 4 nitrogen and oxygen atoms in total. The summed E-state index contributed by atoms with van der Waals surface area (Å²) in [4.78, 5) is 0. The van der Waals surface area contributed by atoms with Gasteiger partial charge in [-0.15, -0.1) is 0 Å². The van der Waals surface area contributed by atoms with Gasteiger partial charge in [-0.05, 0) is 41.5 Å². The quantitative estimate of drug-likeness (QED) is 0.558. The molecule has 2 aromatic carbocycles. The molecule has 1 N–H and O–H groups in total. The van der Waals surface area contributed by atoms with Crippen LogP contribution >= 0.6 is 0 Å². The molecule has 0 amide bonds. The maximum absolute atomic E-state index is 9.62. The normalized spacial score (nSPS) is 12.2. The van der Waals surface area contributed by atoms with Crippen LogP contribution < -0.4 is 9.47 Å². The number of ether oxygens (including phenoxy) is 3. The van der Waals surface area contributed by atoms with E-state index in [9.17, 15) is 5.11 Å². The number of hydrogen-bond donors (Lipinski definition) is 1. The minimum Gasteiger partial charge on any atom is -0.490 e. The Kier molecular flexibility index (Phi) is 9.16. The summed E-state index contributed by atoms with van der Waals surface area (Å²) in [5.74, 6) is 2.16. The molecule has 0 radical (unpaired) electrons. The van der Waals surface area contributed by atoms with E-state index < -0.39 is 0 Å². The fourth-order valence-corrected chi connectivity index (χ4v) is 2.85. The highest BCUT2D eigenvalue weighted by molar-refractivity contribution is 5.43. The number of benzene rings is 2. The summed E-state index contributed by atoms with van der Waals surface area (Å²) < 4.78 is 17.1. The number of aliphatic hydroxyl groups excluding tert-OH is 1. The van der Waals surface area contributed by atoms with Crippen molar-refractivity contribution in [2.45, 2.75) is 33.3 Å². The van der Waals surface area contributed by atoms with Crippen molar-refractivity contribution in [3.63, 3.8) is 0 Å². The summed E-state index contributed by atoms with van der Waals surface area (Å²) in [6, 6.07) is 16.2. The van der Waals surface area contributed by atoms with Crippen LogP contribution in [0, 0.1) is 11.8 Å². The van der Waals surface area contributed by atoms with Gasteiger partial charge in [0.05, 0.1) is 6.61 Å². The van der Waals surface area contributed by atoms with Crippen LogP contribution in [0.3, 0.4) is 0 Å². The van der Waals surface area contributed by atoms with Crippen LogP contribution in [0.4, 0.5) is 0 Å². The predicted octanol–water partition coefficient (Wildman–Crippen LogP) is 4.49. The van der Waals surface area contributed by atoms with Gasteiger partial charge >= 0.3 is 0 Å². The lowest BCUT2D eigenvalue weighted by Gasteiger charge is -2.19. The molecular weight excluding hydrogens is 340 g/mol. The Morgan fingerprint density at radius 3 is 2.33 bits per heavy atom. The molecular formula is C23H32O4. The average molecular weight is 373 g/mol. The Morgan fingerprint density at radius 2 is 1.67 bits per heavy atom. The molecule has 2 rings (SSSR count). The second-order valence-corrected chi connectivity index (χ2v) is 7.14. The van der Waals surface area contributed by atoms with Gasteiger partial charge in [0.1, 0.15) is 6.61 Å². The topological polar surface area (TPSA) is 47.9 Å². The molecule has 2 aromatic rings. The van der Waals surface area contributed by atoms with Crippen molar-refractivity contribution in [3.05, 3.63) is 59.7 Å². The first kappa shape index (κ1) is 21.3. The average Bonchev–Trinajstić information content (AvgIpc) is 2.69. The molecule has 0 aliphatic heterocycles. The molecule has 0 fully saturated rings. The summed E-state index contributed by atoms with van der Waals surface area (Å²) in [6.07, 6.45) is 1.64. The molecule has 4 heteroatoms.